The Morgan fingerprint density at radius 2 is 0.844 bits per heavy atom. The highest BCUT2D eigenvalue weighted by Gasteiger charge is 2.38. The normalized spacial score (nSPS) is 18.4. The molecule has 9 aromatic rings. The minimum atomic E-state index is -0.374. The van der Waals surface area contributed by atoms with Crippen LogP contribution in [0.3, 0.4) is 0 Å². The highest BCUT2D eigenvalue weighted by Crippen LogP contribution is 2.32. The van der Waals surface area contributed by atoms with Gasteiger partial charge in [0.05, 0.1) is 30.2 Å². The number of anilines is 1. The van der Waals surface area contributed by atoms with Gasteiger partial charge in [0.2, 0.25) is 29.5 Å². The van der Waals surface area contributed by atoms with Crippen LogP contribution in [0, 0.1) is 5.82 Å². The van der Waals surface area contributed by atoms with Crippen molar-refractivity contribution in [3.63, 3.8) is 0 Å². The van der Waals surface area contributed by atoms with Crippen molar-refractivity contribution in [2.24, 2.45) is 22.3 Å². The third-order valence-electron chi connectivity index (χ3n) is 22.9. The van der Waals surface area contributed by atoms with Gasteiger partial charge in [-0.1, -0.05) is 222 Å². The molecule has 0 radical (unpaired) electrons. The van der Waals surface area contributed by atoms with Gasteiger partial charge in [0.1, 0.15) is 5.82 Å². The van der Waals surface area contributed by atoms with Gasteiger partial charge in [0.15, 0.2) is 0 Å². The van der Waals surface area contributed by atoms with E-state index in [2.05, 4.69) is 125 Å². The van der Waals surface area contributed by atoms with E-state index in [0.717, 1.165) is 53.4 Å². The number of nitrogens with one attached hydrogen (secondary N) is 5. The molecule has 0 saturated carbocycles. The first-order chi connectivity index (χ1) is 59.4. The van der Waals surface area contributed by atoms with Gasteiger partial charge in [0.25, 0.3) is 11.8 Å². The van der Waals surface area contributed by atoms with E-state index in [1.807, 2.05) is 162 Å². The van der Waals surface area contributed by atoms with Crippen LogP contribution in [0.5, 0.6) is 0 Å². The largest absolute Gasteiger partial charge is 0.351 e. The maximum Gasteiger partial charge on any atom is 0.253 e. The van der Waals surface area contributed by atoms with Gasteiger partial charge in [-0.25, -0.2) is 9.40 Å². The molecule has 21 nitrogen and oxygen atoms in total. The van der Waals surface area contributed by atoms with E-state index in [1.54, 1.807) is 54.6 Å². The summed E-state index contributed by atoms with van der Waals surface area (Å²) in [4.78, 5) is 99.9. The molecule has 122 heavy (non-hydrogen) atoms. The van der Waals surface area contributed by atoms with Crippen LogP contribution < -0.4 is 48.8 Å². The van der Waals surface area contributed by atoms with Crippen molar-refractivity contribution in [2.75, 3.05) is 90.6 Å². The molecule has 0 unspecified atom stereocenters. The maximum absolute atomic E-state index is 13.9. The van der Waals surface area contributed by atoms with Gasteiger partial charge in [-0.2, -0.15) is 5.10 Å². The number of halogens is 2. The van der Waals surface area contributed by atoms with E-state index in [0.29, 0.717) is 122 Å². The van der Waals surface area contributed by atoms with E-state index in [9.17, 15) is 38.0 Å². The number of amides is 7. The molecule has 3 saturated heterocycles. The molecule has 4 heterocycles. The Kier molecular flexibility index (Phi) is 35.7. The Hall–Kier alpha value is -11.4. The first-order valence-corrected chi connectivity index (χ1v) is 43.4. The Labute approximate surface area is 726 Å². The summed E-state index contributed by atoms with van der Waals surface area (Å²) in [6.45, 7) is 8.19. The minimum absolute atomic E-state index is 0.00760. The summed E-state index contributed by atoms with van der Waals surface area (Å²) < 4.78 is 14.1. The molecule has 13 rings (SSSR count). The number of likely N-dealkylation sites (N-methyl/N-ethyl adjacent to an activating group) is 1. The second-order valence-electron chi connectivity index (χ2n) is 31.5. The third kappa shape index (κ3) is 27.3. The molecule has 6 atom stereocenters. The predicted octanol–water partition coefficient (Wildman–Crippen LogP) is 12.8. The number of benzene rings is 9. The molecule has 0 aromatic heterocycles. The topological polar surface area (TPSA) is 286 Å². The van der Waals surface area contributed by atoms with Crippen LogP contribution >= 0.6 is 15.9 Å². The van der Waals surface area contributed by atoms with Crippen molar-refractivity contribution < 1.29 is 38.0 Å². The lowest BCUT2D eigenvalue weighted by atomic mass is 9.90. The number of rotatable bonds is 33. The first kappa shape index (κ1) is 91.3. The Balaban J connectivity index is 0.000000179. The van der Waals surface area contributed by atoms with Crippen LogP contribution in [0.4, 0.5) is 10.1 Å². The monoisotopic (exact) mass is 1710 g/mol. The molecule has 0 bridgehead atoms. The number of nitrogens with two attached hydrogens (primary N) is 3. The van der Waals surface area contributed by atoms with Gasteiger partial charge in [-0.05, 0) is 197 Å². The summed E-state index contributed by atoms with van der Waals surface area (Å²) in [6, 6.07) is 81.5. The van der Waals surface area contributed by atoms with Crippen LogP contribution in [-0.4, -0.2) is 188 Å². The summed E-state index contributed by atoms with van der Waals surface area (Å²) in [6.07, 6.45) is 13.2. The average Bonchev–Trinajstić information content (AvgIpc) is 1.50. The van der Waals surface area contributed by atoms with E-state index >= 15 is 0 Å². The van der Waals surface area contributed by atoms with Crippen LogP contribution in [0.2, 0.25) is 0 Å². The molecule has 4 aliphatic heterocycles. The predicted molar refractivity (Wildman–Crippen MR) is 488 cm³/mol. The molecular weight excluding hydrogens is 1600 g/mol. The lowest BCUT2D eigenvalue weighted by Crippen LogP contribution is -2.50. The van der Waals surface area contributed by atoms with Crippen molar-refractivity contribution in [3.05, 3.63) is 327 Å². The van der Waals surface area contributed by atoms with E-state index < -0.39 is 0 Å². The average molecular weight is 1710 g/mol. The molecule has 9 aromatic carbocycles. The zero-order chi connectivity index (χ0) is 86.0. The van der Waals surface area contributed by atoms with Gasteiger partial charge in [-0.3, -0.25) is 38.5 Å². The van der Waals surface area contributed by atoms with Gasteiger partial charge < -0.3 is 58.5 Å². The molecule has 23 heteroatoms. The van der Waals surface area contributed by atoms with Crippen LogP contribution in [0.25, 0.3) is 12.2 Å². The summed E-state index contributed by atoms with van der Waals surface area (Å²) in [5.74, 6) is -0.523. The first-order valence-electron chi connectivity index (χ1n) is 42.6. The fourth-order valence-corrected chi connectivity index (χ4v) is 16.4. The van der Waals surface area contributed by atoms with Crippen LogP contribution in [-0.2, 0) is 28.8 Å². The van der Waals surface area contributed by atoms with Crippen molar-refractivity contribution in [2.45, 2.75) is 125 Å². The van der Waals surface area contributed by atoms with E-state index in [-0.39, 0.29) is 101 Å². The maximum atomic E-state index is 13.9. The van der Waals surface area contributed by atoms with E-state index in [4.69, 9.17) is 17.2 Å². The SMILES string of the molecule is CC1=NN(c2ccc(C(=O)NC[C@@H]3CCN(CC(c4ccccc4)c4ccccc4)C(=O)[C@H](CCCN)N3)cc2)C(=O)C1.CN1[C@H](CNC(=O)/C=C/c2ccc(F)cc2)CCN(CC(c2ccccc2)c2ccccc2)C(=O)[C@@H]1CCCN.NCCC[C@@H]1N[C@H](CNC(=O)/C=C/c2ccc(Br)cc2)CCN(CC(c2ccccc2)c2ccccc2)C1=O. The Bertz CT molecular complexity index is 4750. The van der Waals surface area contributed by atoms with Crippen molar-refractivity contribution >= 4 is 80.8 Å². The van der Waals surface area contributed by atoms with E-state index in [1.165, 1.54) is 56.6 Å². The van der Waals surface area contributed by atoms with Crippen LogP contribution in [0.1, 0.15) is 144 Å². The summed E-state index contributed by atoms with van der Waals surface area (Å²) in [7, 11) is 1.97. The van der Waals surface area contributed by atoms with Crippen molar-refractivity contribution in [1.29, 1.82) is 0 Å². The number of carbonyl (C=O) groups excluding carboxylic acids is 7. The molecule has 4 aliphatic rings. The van der Waals surface area contributed by atoms with Gasteiger partial charge >= 0.3 is 0 Å². The minimum Gasteiger partial charge on any atom is -0.351 e. The second-order valence-corrected chi connectivity index (χ2v) is 32.5. The Morgan fingerprint density at radius 3 is 1.24 bits per heavy atom. The molecule has 11 N–H and O–H groups in total. The molecule has 0 spiro atoms. The number of hydrazone groups is 1. The lowest BCUT2D eigenvalue weighted by molar-refractivity contribution is -0.136. The molecular formula is C99H116BrFN14O7. The van der Waals surface area contributed by atoms with Gasteiger partial charge in [0, 0.05) is 123 Å². The number of hydrogen-bond donors (Lipinski definition) is 8. The molecule has 7 amide bonds. The zero-order valence-electron chi connectivity index (χ0n) is 69.8. The highest BCUT2D eigenvalue weighted by atomic mass is 79.9. The summed E-state index contributed by atoms with van der Waals surface area (Å²) in [5, 5.41) is 21.7. The number of nitrogens with zero attached hydrogens (tertiary/aromatic N) is 6. The second kappa shape index (κ2) is 47.7. The third-order valence-corrected chi connectivity index (χ3v) is 23.4. The van der Waals surface area contributed by atoms with Crippen LogP contribution in [0.15, 0.2) is 277 Å². The Morgan fingerprint density at radius 1 is 0.475 bits per heavy atom. The quantitative estimate of drug-likeness (QED) is 0.0178. The fraction of sp³-hybridized carbons (Fsp3) is 0.333. The number of hydrogen-bond acceptors (Lipinski definition) is 14. The molecule has 0 aliphatic carbocycles. The van der Waals surface area contributed by atoms with Crippen molar-refractivity contribution in [1.82, 2.24) is 46.2 Å². The molecule has 3 fully saturated rings. The smallest absolute Gasteiger partial charge is 0.253 e. The molecule has 638 valence electrons. The highest BCUT2D eigenvalue weighted by molar-refractivity contribution is 9.10. The lowest BCUT2D eigenvalue weighted by Gasteiger charge is -2.33. The standard InChI is InChI=1S/C34H40N6O3.C33H39FN4O2.C32H37BrN4O2/c1-24-21-32(41)40(38-24)29-16-14-27(15-17-29)33(42)36-22-28-18-20-39(34(43)31(37-28)13-8-19-35)23-30(25-9-4-2-5-10-25)26-11-6-3-7-12-26;1-37-29(23-36-32(39)19-16-25-14-17-28(34)18-15-25)20-22-38(33(40)31(37)13-8-21-35)24-30(26-9-4-2-5-10-26)27-11-6-3-7-12-27;33-27-16-13-24(14-17-27)15-18-31(38)35-22-28-19-21-37(32(39)30(36-28)12-7-20-34)23-29(25-8-3-1-4-9-25)26-10-5-2-6-11-26/h2-7,9-12,14-17,28,30-31,37H,8,13,18-23,35H2,1H3,(H,36,42);2-7,9-12,14-19,29-31H,8,13,20-24,35H2,1H3,(H,36,39);1-6,8-11,13-18,28-30,36H,7,12,19-23,34H2,(H,35,38)/b;19-16+;18-15+/t28-,31-;29-,31-;28-,30-/m000/s1. The summed E-state index contributed by atoms with van der Waals surface area (Å²) >= 11 is 3.42. The zero-order valence-corrected chi connectivity index (χ0v) is 71.4. The number of carbonyl (C=O) groups is 7. The fourth-order valence-electron chi connectivity index (χ4n) is 16.1. The summed E-state index contributed by atoms with van der Waals surface area (Å²) in [5.41, 5.74) is 28.1. The van der Waals surface area contributed by atoms with Crippen molar-refractivity contribution in [3.8, 4) is 0 Å². The van der Waals surface area contributed by atoms with Gasteiger partial charge in [-0.15, -0.1) is 0 Å².